The van der Waals surface area contributed by atoms with Gasteiger partial charge in [0.2, 0.25) is 5.91 Å². The molecule has 0 fully saturated rings. The number of amides is 3. The zero-order valence-electron chi connectivity index (χ0n) is 25.8. The summed E-state index contributed by atoms with van der Waals surface area (Å²) in [6, 6.07) is 37.3. The van der Waals surface area contributed by atoms with Gasteiger partial charge < -0.3 is 20.7 Å². The first kappa shape index (κ1) is 34.3. The quantitative estimate of drug-likeness (QED) is 0.0893. The van der Waals surface area contributed by atoms with Gasteiger partial charge in [-0.25, -0.2) is 0 Å². The van der Waals surface area contributed by atoms with Crippen molar-refractivity contribution in [3.05, 3.63) is 160 Å². The smallest absolute Gasteiger partial charge is 0.272 e. The molecule has 0 aliphatic rings. The summed E-state index contributed by atoms with van der Waals surface area (Å²) >= 11 is 13.6. The molecule has 0 spiro atoms. The summed E-state index contributed by atoms with van der Waals surface area (Å²) in [5.41, 5.74) is 2.87. The first-order chi connectivity index (χ1) is 23.3. The third-order valence-electron chi connectivity index (χ3n) is 6.88. The fraction of sp³-hybridized carbons (Fsp3) is 0.0789. The van der Waals surface area contributed by atoms with Crippen molar-refractivity contribution in [3.8, 4) is 5.75 Å². The van der Waals surface area contributed by atoms with Crippen LogP contribution in [0.15, 0.2) is 138 Å². The van der Waals surface area contributed by atoms with Crippen LogP contribution in [0.2, 0.25) is 10.0 Å². The molecule has 1 unspecified atom stereocenters. The Labute approximate surface area is 293 Å². The van der Waals surface area contributed by atoms with Gasteiger partial charge in [-0.05, 0) is 79.2 Å². The van der Waals surface area contributed by atoms with Crippen molar-refractivity contribution in [2.45, 2.75) is 17.1 Å². The van der Waals surface area contributed by atoms with E-state index < -0.39 is 17.1 Å². The summed E-state index contributed by atoms with van der Waals surface area (Å²) in [5, 5.41) is 8.77. The Kier molecular flexibility index (Phi) is 11.9. The Morgan fingerprint density at radius 1 is 0.750 bits per heavy atom. The van der Waals surface area contributed by atoms with Crippen molar-refractivity contribution in [1.82, 2.24) is 5.32 Å². The number of hydrogen-bond donors (Lipinski definition) is 3. The van der Waals surface area contributed by atoms with Crippen molar-refractivity contribution in [2.75, 3.05) is 17.2 Å². The third-order valence-corrected chi connectivity index (χ3v) is 8.59. The molecule has 0 aliphatic heterocycles. The Morgan fingerprint density at radius 3 is 2.04 bits per heavy atom. The van der Waals surface area contributed by atoms with E-state index in [2.05, 4.69) is 16.0 Å². The molecule has 5 rings (SSSR count). The van der Waals surface area contributed by atoms with Crippen molar-refractivity contribution in [2.24, 2.45) is 0 Å². The highest BCUT2D eigenvalue weighted by Gasteiger charge is 2.23. The standard InChI is InChI=1S/C38H31Cl2N3O4S/c1-2-47-34-16-10-9-15-27(34)21-33(43-36(44)26-13-7-4-8-14-26)37(45)41-30-17-19-32(20-18-30)48-35(25-11-5-3-6-12-25)38(46)42-31-23-28(39)22-29(40)24-31/h3-24,35H,2H2,1H3,(H,41,45)(H,42,46)(H,43,44)/b33-21-. The van der Waals surface area contributed by atoms with Crippen LogP contribution in [0.5, 0.6) is 5.75 Å². The molecule has 0 bridgehead atoms. The lowest BCUT2D eigenvalue weighted by molar-refractivity contribution is -0.116. The van der Waals surface area contributed by atoms with E-state index in [0.29, 0.717) is 44.9 Å². The van der Waals surface area contributed by atoms with E-state index >= 15 is 0 Å². The van der Waals surface area contributed by atoms with Gasteiger partial charge in [0.25, 0.3) is 11.8 Å². The molecule has 1 atom stereocenters. The van der Waals surface area contributed by atoms with E-state index in [9.17, 15) is 14.4 Å². The van der Waals surface area contributed by atoms with E-state index in [-0.39, 0.29) is 11.6 Å². The monoisotopic (exact) mass is 695 g/mol. The number of carbonyl (C=O) groups is 3. The van der Waals surface area contributed by atoms with Crippen LogP contribution in [0.4, 0.5) is 11.4 Å². The van der Waals surface area contributed by atoms with Crippen molar-refractivity contribution in [1.29, 1.82) is 0 Å². The van der Waals surface area contributed by atoms with Crippen molar-refractivity contribution >= 4 is 70.1 Å². The van der Waals surface area contributed by atoms with E-state index in [1.165, 1.54) is 11.8 Å². The SMILES string of the molecule is CCOc1ccccc1/C=C(\NC(=O)c1ccccc1)C(=O)Nc1ccc(SC(C(=O)Nc2cc(Cl)cc(Cl)c2)c2ccccc2)cc1. The number of hydrogen-bond acceptors (Lipinski definition) is 5. The van der Waals surface area contributed by atoms with Crippen LogP contribution in [0, 0.1) is 0 Å². The topological polar surface area (TPSA) is 96.5 Å². The van der Waals surface area contributed by atoms with Crippen LogP contribution in [-0.2, 0) is 9.59 Å². The second-order valence-electron chi connectivity index (χ2n) is 10.4. The van der Waals surface area contributed by atoms with E-state index in [4.69, 9.17) is 27.9 Å². The summed E-state index contributed by atoms with van der Waals surface area (Å²) in [6.07, 6.45) is 1.58. The molecule has 0 heterocycles. The number of halogens is 2. The van der Waals surface area contributed by atoms with Crippen LogP contribution in [0.3, 0.4) is 0 Å². The van der Waals surface area contributed by atoms with Gasteiger partial charge in [0.05, 0.1) is 6.61 Å². The molecule has 5 aromatic rings. The number of anilines is 2. The molecule has 0 radical (unpaired) electrons. The molecule has 0 saturated carbocycles. The minimum Gasteiger partial charge on any atom is -0.493 e. The average molecular weight is 697 g/mol. The molecule has 0 saturated heterocycles. The van der Waals surface area contributed by atoms with Crippen LogP contribution in [0.25, 0.3) is 6.08 Å². The van der Waals surface area contributed by atoms with Gasteiger partial charge in [-0.1, -0.05) is 89.9 Å². The molecule has 3 amide bonds. The van der Waals surface area contributed by atoms with Crippen LogP contribution in [0.1, 0.15) is 33.7 Å². The highest BCUT2D eigenvalue weighted by molar-refractivity contribution is 8.00. The normalized spacial score (nSPS) is 11.7. The zero-order valence-corrected chi connectivity index (χ0v) is 28.1. The molecule has 3 N–H and O–H groups in total. The maximum Gasteiger partial charge on any atom is 0.272 e. The van der Waals surface area contributed by atoms with Gasteiger partial charge in [0.1, 0.15) is 16.7 Å². The summed E-state index contributed by atoms with van der Waals surface area (Å²) in [6.45, 7) is 2.31. The third kappa shape index (κ3) is 9.51. The predicted octanol–water partition coefficient (Wildman–Crippen LogP) is 9.27. The number of ether oxygens (including phenoxy) is 1. The molecular weight excluding hydrogens is 665 g/mol. The van der Waals surface area contributed by atoms with Crippen LogP contribution in [-0.4, -0.2) is 24.3 Å². The predicted molar refractivity (Wildman–Crippen MR) is 195 cm³/mol. The number of rotatable bonds is 12. The minimum atomic E-state index is -0.599. The lowest BCUT2D eigenvalue weighted by atomic mass is 10.1. The number of nitrogens with one attached hydrogen (secondary N) is 3. The molecule has 7 nitrogen and oxygen atoms in total. The number of thioether (sulfide) groups is 1. The van der Waals surface area contributed by atoms with Crippen LogP contribution < -0.4 is 20.7 Å². The number of para-hydroxylation sites is 1. The molecule has 242 valence electrons. The maximum atomic E-state index is 13.6. The lowest BCUT2D eigenvalue weighted by Gasteiger charge is -2.18. The van der Waals surface area contributed by atoms with E-state index in [0.717, 1.165) is 10.5 Å². The largest absolute Gasteiger partial charge is 0.493 e. The summed E-state index contributed by atoms with van der Waals surface area (Å²) in [7, 11) is 0. The van der Waals surface area contributed by atoms with Gasteiger partial charge in [-0.15, -0.1) is 11.8 Å². The fourth-order valence-electron chi connectivity index (χ4n) is 4.67. The molecule has 10 heteroatoms. The van der Waals surface area contributed by atoms with E-state index in [1.54, 1.807) is 72.8 Å². The van der Waals surface area contributed by atoms with Crippen molar-refractivity contribution in [3.63, 3.8) is 0 Å². The Bertz CT molecular complexity index is 1900. The highest BCUT2D eigenvalue weighted by Crippen LogP contribution is 2.37. The Hall–Kier alpha value is -5.02. The highest BCUT2D eigenvalue weighted by atomic mass is 35.5. The van der Waals surface area contributed by atoms with Gasteiger partial charge in [0.15, 0.2) is 0 Å². The molecule has 5 aromatic carbocycles. The Balaban J connectivity index is 1.35. The maximum absolute atomic E-state index is 13.6. The molecule has 0 aromatic heterocycles. The van der Waals surface area contributed by atoms with Crippen LogP contribution >= 0.6 is 35.0 Å². The number of carbonyl (C=O) groups excluding carboxylic acids is 3. The molecule has 0 aliphatic carbocycles. The first-order valence-electron chi connectivity index (χ1n) is 15.0. The fourth-order valence-corrected chi connectivity index (χ4v) is 6.22. The summed E-state index contributed by atoms with van der Waals surface area (Å²) in [4.78, 5) is 41.0. The average Bonchev–Trinajstić information content (AvgIpc) is 3.08. The molecule has 48 heavy (non-hydrogen) atoms. The van der Waals surface area contributed by atoms with Gasteiger partial charge in [0, 0.05) is 37.4 Å². The van der Waals surface area contributed by atoms with Gasteiger partial charge in [-0.3, -0.25) is 14.4 Å². The summed E-state index contributed by atoms with van der Waals surface area (Å²) in [5.74, 6) is -0.620. The lowest BCUT2D eigenvalue weighted by Crippen LogP contribution is -2.30. The molecular formula is C38H31Cl2N3O4S. The first-order valence-corrected chi connectivity index (χ1v) is 16.6. The summed E-state index contributed by atoms with van der Waals surface area (Å²) < 4.78 is 5.73. The van der Waals surface area contributed by atoms with E-state index in [1.807, 2.05) is 67.6 Å². The zero-order chi connectivity index (χ0) is 33.9. The second-order valence-corrected chi connectivity index (χ2v) is 12.4. The van der Waals surface area contributed by atoms with Gasteiger partial charge in [-0.2, -0.15) is 0 Å². The second kappa shape index (κ2) is 16.7. The van der Waals surface area contributed by atoms with Crippen molar-refractivity contribution < 1.29 is 19.1 Å². The number of benzene rings is 5. The van der Waals surface area contributed by atoms with Gasteiger partial charge >= 0.3 is 0 Å². The Morgan fingerprint density at radius 2 is 1.38 bits per heavy atom. The minimum absolute atomic E-state index is 0.0383.